The van der Waals surface area contributed by atoms with E-state index in [9.17, 15) is 0 Å². The van der Waals surface area contributed by atoms with Crippen molar-refractivity contribution in [3.8, 4) is 0 Å². The van der Waals surface area contributed by atoms with E-state index in [0.717, 1.165) is 6.42 Å². The Morgan fingerprint density at radius 2 is 2.00 bits per heavy atom. The van der Waals surface area contributed by atoms with E-state index in [1.807, 2.05) is 0 Å². The molecule has 0 aliphatic carbocycles. The van der Waals surface area contributed by atoms with E-state index in [2.05, 4.69) is 48.3 Å². The molecule has 1 fully saturated rings. The maximum Gasteiger partial charge on any atom is 0.0374 e. The molecular formula is C13H19NS. The van der Waals surface area contributed by atoms with Crippen LogP contribution in [0.5, 0.6) is 0 Å². The highest BCUT2D eigenvalue weighted by Gasteiger charge is 2.13. The van der Waals surface area contributed by atoms with E-state index in [-0.39, 0.29) is 0 Å². The highest BCUT2D eigenvalue weighted by atomic mass is 32.2. The summed E-state index contributed by atoms with van der Waals surface area (Å²) < 4.78 is 0. The third kappa shape index (κ3) is 2.91. The van der Waals surface area contributed by atoms with Crippen molar-refractivity contribution in [1.29, 1.82) is 0 Å². The zero-order valence-corrected chi connectivity index (χ0v) is 10.1. The van der Waals surface area contributed by atoms with Crippen LogP contribution in [0.3, 0.4) is 0 Å². The molecule has 2 heteroatoms. The molecule has 0 unspecified atom stereocenters. The van der Waals surface area contributed by atoms with Crippen LogP contribution in [-0.4, -0.2) is 17.5 Å². The SMILES string of the molecule is CCc1ccccc1NC1CCSCC1. The Labute approximate surface area is 96.7 Å². The Bertz CT molecular complexity index is 305. The van der Waals surface area contributed by atoms with Gasteiger partial charge >= 0.3 is 0 Å². The van der Waals surface area contributed by atoms with Crippen LogP contribution < -0.4 is 5.32 Å². The average molecular weight is 221 g/mol. The quantitative estimate of drug-likeness (QED) is 0.837. The van der Waals surface area contributed by atoms with E-state index >= 15 is 0 Å². The van der Waals surface area contributed by atoms with Gasteiger partial charge in [0.15, 0.2) is 0 Å². The fraction of sp³-hybridized carbons (Fsp3) is 0.538. The molecule has 1 aliphatic rings. The summed E-state index contributed by atoms with van der Waals surface area (Å²) in [5.41, 5.74) is 2.78. The van der Waals surface area contributed by atoms with Crippen LogP contribution in [-0.2, 0) is 6.42 Å². The van der Waals surface area contributed by atoms with Crippen LogP contribution in [0.1, 0.15) is 25.3 Å². The van der Waals surface area contributed by atoms with Crippen LogP contribution in [0.4, 0.5) is 5.69 Å². The standard InChI is InChI=1S/C13H19NS/c1-2-11-5-3-4-6-13(11)14-12-7-9-15-10-8-12/h3-6,12,14H,2,7-10H2,1H3. The first-order chi connectivity index (χ1) is 7.40. The molecular weight excluding hydrogens is 202 g/mol. The molecule has 0 saturated carbocycles. The van der Waals surface area contributed by atoms with Crippen molar-refractivity contribution in [1.82, 2.24) is 0 Å². The molecule has 1 saturated heterocycles. The topological polar surface area (TPSA) is 12.0 Å². The first-order valence-electron chi connectivity index (χ1n) is 5.82. The molecule has 0 amide bonds. The Balaban J connectivity index is 2.02. The van der Waals surface area contributed by atoms with Crippen LogP contribution >= 0.6 is 11.8 Å². The van der Waals surface area contributed by atoms with Crippen molar-refractivity contribution in [3.63, 3.8) is 0 Å². The normalized spacial score (nSPS) is 17.7. The first-order valence-corrected chi connectivity index (χ1v) is 6.98. The van der Waals surface area contributed by atoms with Crippen molar-refractivity contribution in [2.24, 2.45) is 0 Å². The monoisotopic (exact) mass is 221 g/mol. The van der Waals surface area contributed by atoms with Gasteiger partial charge in [-0.05, 0) is 42.4 Å². The van der Waals surface area contributed by atoms with Crippen LogP contribution in [0.2, 0.25) is 0 Å². The molecule has 0 bridgehead atoms. The molecule has 1 heterocycles. The Hall–Kier alpha value is -0.630. The van der Waals surface area contributed by atoms with Gasteiger partial charge in [-0.1, -0.05) is 25.1 Å². The second-order valence-corrected chi connectivity index (χ2v) is 5.27. The number of benzene rings is 1. The number of para-hydroxylation sites is 1. The summed E-state index contributed by atoms with van der Waals surface area (Å²) in [5.74, 6) is 2.62. The molecule has 15 heavy (non-hydrogen) atoms. The van der Waals surface area contributed by atoms with Gasteiger partial charge in [0, 0.05) is 11.7 Å². The molecule has 1 aromatic rings. The lowest BCUT2D eigenvalue weighted by Crippen LogP contribution is -2.24. The van der Waals surface area contributed by atoms with Crippen molar-refractivity contribution >= 4 is 17.4 Å². The zero-order valence-electron chi connectivity index (χ0n) is 9.33. The Morgan fingerprint density at radius 3 is 2.73 bits per heavy atom. The minimum absolute atomic E-state index is 0.693. The Morgan fingerprint density at radius 1 is 1.27 bits per heavy atom. The molecule has 1 nitrogen and oxygen atoms in total. The summed E-state index contributed by atoms with van der Waals surface area (Å²) in [5, 5.41) is 3.69. The number of thioether (sulfide) groups is 1. The molecule has 2 rings (SSSR count). The number of hydrogen-bond donors (Lipinski definition) is 1. The van der Waals surface area contributed by atoms with Crippen molar-refractivity contribution in [2.45, 2.75) is 32.2 Å². The van der Waals surface area contributed by atoms with E-state index < -0.39 is 0 Å². The third-order valence-electron chi connectivity index (χ3n) is 2.98. The van der Waals surface area contributed by atoms with E-state index in [1.54, 1.807) is 0 Å². The zero-order chi connectivity index (χ0) is 10.5. The minimum Gasteiger partial charge on any atom is -0.382 e. The fourth-order valence-corrected chi connectivity index (χ4v) is 3.14. The predicted octanol–water partition coefficient (Wildman–Crippen LogP) is 3.56. The molecule has 0 spiro atoms. The van der Waals surface area contributed by atoms with Gasteiger partial charge in [0.2, 0.25) is 0 Å². The molecule has 0 aromatic heterocycles. The molecule has 82 valence electrons. The summed E-state index contributed by atoms with van der Waals surface area (Å²) in [6, 6.07) is 9.37. The highest BCUT2D eigenvalue weighted by Crippen LogP contribution is 2.23. The lowest BCUT2D eigenvalue weighted by Gasteiger charge is -2.24. The molecule has 1 N–H and O–H groups in total. The van der Waals surface area contributed by atoms with Gasteiger partial charge in [-0.2, -0.15) is 11.8 Å². The molecule has 1 aromatic carbocycles. The van der Waals surface area contributed by atoms with Gasteiger partial charge in [0.05, 0.1) is 0 Å². The van der Waals surface area contributed by atoms with Gasteiger partial charge in [-0.3, -0.25) is 0 Å². The van der Waals surface area contributed by atoms with Crippen molar-refractivity contribution in [3.05, 3.63) is 29.8 Å². The van der Waals surface area contributed by atoms with Gasteiger partial charge in [0.25, 0.3) is 0 Å². The van der Waals surface area contributed by atoms with E-state index in [4.69, 9.17) is 0 Å². The second-order valence-electron chi connectivity index (χ2n) is 4.04. The lowest BCUT2D eigenvalue weighted by atomic mass is 10.1. The van der Waals surface area contributed by atoms with E-state index in [1.165, 1.54) is 35.6 Å². The van der Waals surface area contributed by atoms with E-state index in [0.29, 0.717) is 6.04 Å². The summed E-state index contributed by atoms with van der Waals surface area (Å²) in [4.78, 5) is 0. The summed E-state index contributed by atoms with van der Waals surface area (Å²) in [6.07, 6.45) is 3.73. The maximum absolute atomic E-state index is 3.69. The molecule has 1 aliphatic heterocycles. The van der Waals surface area contributed by atoms with Crippen molar-refractivity contribution < 1.29 is 0 Å². The van der Waals surface area contributed by atoms with Gasteiger partial charge in [-0.15, -0.1) is 0 Å². The van der Waals surface area contributed by atoms with Crippen LogP contribution in [0.15, 0.2) is 24.3 Å². The smallest absolute Gasteiger partial charge is 0.0374 e. The number of aryl methyl sites for hydroxylation is 1. The minimum atomic E-state index is 0.693. The number of nitrogens with one attached hydrogen (secondary N) is 1. The lowest BCUT2D eigenvalue weighted by molar-refractivity contribution is 0.666. The number of anilines is 1. The summed E-state index contributed by atoms with van der Waals surface area (Å²) in [6.45, 7) is 2.22. The molecule has 0 atom stereocenters. The third-order valence-corrected chi connectivity index (χ3v) is 4.03. The average Bonchev–Trinajstić information content (AvgIpc) is 2.31. The predicted molar refractivity (Wildman–Crippen MR) is 69.8 cm³/mol. The van der Waals surface area contributed by atoms with Crippen LogP contribution in [0.25, 0.3) is 0 Å². The fourth-order valence-electron chi connectivity index (χ4n) is 2.03. The number of rotatable bonds is 3. The van der Waals surface area contributed by atoms with Gasteiger partial charge < -0.3 is 5.32 Å². The molecule has 0 radical (unpaired) electrons. The van der Waals surface area contributed by atoms with Crippen molar-refractivity contribution in [2.75, 3.05) is 16.8 Å². The Kier molecular flexibility index (Phi) is 3.95. The maximum atomic E-state index is 3.69. The highest BCUT2D eigenvalue weighted by molar-refractivity contribution is 7.99. The first kappa shape index (κ1) is 10.9. The van der Waals surface area contributed by atoms with Gasteiger partial charge in [0.1, 0.15) is 0 Å². The second kappa shape index (κ2) is 5.45. The largest absolute Gasteiger partial charge is 0.382 e. The van der Waals surface area contributed by atoms with Crippen LogP contribution in [0, 0.1) is 0 Å². The number of hydrogen-bond acceptors (Lipinski definition) is 2. The summed E-state index contributed by atoms with van der Waals surface area (Å²) >= 11 is 2.08. The summed E-state index contributed by atoms with van der Waals surface area (Å²) in [7, 11) is 0. The van der Waals surface area contributed by atoms with Gasteiger partial charge in [-0.25, -0.2) is 0 Å².